The number of aliphatic hydroxyl groups is 1. The van der Waals surface area contributed by atoms with E-state index in [2.05, 4.69) is 4.72 Å². The molecule has 6 nitrogen and oxygen atoms in total. The molecule has 3 N–H and O–H groups in total. The fourth-order valence-corrected chi connectivity index (χ4v) is 4.53. The van der Waals surface area contributed by atoms with Crippen LogP contribution >= 0.6 is 11.3 Å². The summed E-state index contributed by atoms with van der Waals surface area (Å²) in [7, 11) is -3.64. The summed E-state index contributed by atoms with van der Waals surface area (Å²) >= 11 is 0.901. The van der Waals surface area contributed by atoms with Gasteiger partial charge in [0.05, 0.1) is 11.7 Å². The van der Waals surface area contributed by atoms with E-state index in [0.717, 1.165) is 24.2 Å². The van der Waals surface area contributed by atoms with E-state index >= 15 is 0 Å². The summed E-state index contributed by atoms with van der Waals surface area (Å²) in [6.07, 6.45) is 2.74. The van der Waals surface area contributed by atoms with Crippen LogP contribution in [0.5, 0.6) is 0 Å². The zero-order chi connectivity index (χ0) is 14.8. The third-order valence-electron chi connectivity index (χ3n) is 3.47. The number of sulfonamides is 1. The zero-order valence-corrected chi connectivity index (χ0v) is 12.4. The van der Waals surface area contributed by atoms with Crippen molar-refractivity contribution in [2.24, 2.45) is 5.92 Å². The molecule has 20 heavy (non-hydrogen) atoms. The number of carboxylic acid groups (broad SMARTS) is 1. The smallest absolute Gasteiger partial charge is 0.336 e. The Bertz CT molecular complexity index is 572. The predicted octanol–water partition coefficient (Wildman–Crippen LogP) is 1.28. The number of aromatic carboxylic acids is 1. The van der Waals surface area contributed by atoms with Crippen LogP contribution in [0, 0.1) is 5.92 Å². The quantitative estimate of drug-likeness (QED) is 0.758. The van der Waals surface area contributed by atoms with Crippen molar-refractivity contribution in [1.29, 1.82) is 0 Å². The number of hydrogen-bond acceptors (Lipinski definition) is 5. The molecule has 1 aromatic heterocycles. The van der Waals surface area contributed by atoms with E-state index < -0.39 is 16.0 Å². The lowest BCUT2D eigenvalue weighted by molar-refractivity contribution is 0.0697. The van der Waals surface area contributed by atoms with Gasteiger partial charge in [-0.2, -0.15) is 0 Å². The van der Waals surface area contributed by atoms with E-state index in [0.29, 0.717) is 19.4 Å². The minimum Gasteiger partial charge on any atom is -0.478 e. The first-order valence-corrected chi connectivity index (χ1v) is 8.74. The van der Waals surface area contributed by atoms with Crippen LogP contribution in [0.2, 0.25) is 0 Å². The minimum absolute atomic E-state index is 0.0174. The van der Waals surface area contributed by atoms with Crippen molar-refractivity contribution in [3.8, 4) is 0 Å². The Morgan fingerprint density at radius 2 is 2.00 bits per heavy atom. The maximum absolute atomic E-state index is 12.0. The van der Waals surface area contributed by atoms with Crippen LogP contribution in [0.4, 0.5) is 0 Å². The molecule has 0 amide bonds. The molecule has 1 aromatic rings. The molecule has 8 heteroatoms. The molecular formula is C12H17NO5S2. The second-order valence-corrected chi connectivity index (χ2v) is 7.89. The SMILES string of the molecule is O=C(O)c1csc(S(=O)(=O)NCC2CCC(O)CC2)c1. The standard InChI is InChI=1S/C12H17NO5S2/c14-10-3-1-8(2-4-10)6-13-20(17,18)11-5-9(7-19-11)12(15)16/h5,7-8,10,13-14H,1-4,6H2,(H,15,16). The van der Waals surface area contributed by atoms with Crippen LogP contribution in [0.15, 0.2) is 15.7 Å². The van der Waals surface area contributed by atoms with Gasteiger partial charge >= 0.3 is 5.97 Å². The summed E-state index contributed by atoms with van der Waals surface area (Å²) in [6, 6.07) is 1.17. The second kappa shape index (κ2) is 6.21. The topological polar surface area (TPSA) is 104 Å². The summed E-state index contributed by atoms with van der Waals surface area (Å²) in [5.41, 5.74) is -0.0174. The summed E-state index contributed by atoms with van der Waals surface area (Å²) in [5, 5.41) is 19.5. The van der Waals surface area contributed by atoms with Crippen molar-refractivity contribution >= 4 is 27.3 Å². The van der Waals surface area contributed by atoms with Gasteiger partial charge in [-0.05, 0) is 37.7 Å². The Labute approximate surface area is 121 Å². The summed E-state index contributed by atoms with van der Waals surface area (Å²) in [5.74, 6) is -0.906. The van der Waals surface area contributed by atoms with Gasteiger partial charge < -0.3 is 10.2 Å². The molecule has 1 aliphatic rings. The number of carboxylic acids is 1. The van der Waals surface area contributed by atoms with E-state index in [1.807, 2.05) is 0 Å². The average Bonchev–Trinajstić information content (AvgIpc) is 2.89. The van der Waals surface area contributed by atoms with E-state index in [-0.39, 0.29) is 21.8 Å². The third kappa shape index (κ3) is 3.78. The largest absolute Gasteiger partial charge is 0.478 e. The maximum Gasteiger partial charge on any atom is 0.336 e. The first-order chi connectivity index (χ1) is 9.38. The molecule has 1 heterocycles. The summed E-state index contributed by atoms with van der Waals surface area (Å²) in [6.45, 7) is 0.329. The van der Waals surface area contributed by atoms with Crippen LogP contribution in [0.3, 0.4) is 0 Å². The molecule has 112 valence electrons. The third-order valence-corrected chi connectivity index (χ3v) is 6.33. The number of thiophene rings is 1. The number of carbonyl (C=O) groups is 1. The van der Waals surface area contributed by atoms with E-state index in [9.17, 15) is 18.3 Å². The maximum atomic E-state index is 12.0. The molecule has 1 aliphatic carbocycles. The molecule has 0 saturated heterocycles. The number of nitrogens with one attached hydrogen (secondary N) is 1. The highest BCUT2D eigenvalue weighted by molar-refractivity contribution is 7.91. The molecule has 0 aliphatic heterocycles. The molecule has 0 spiro atoms. The molecule has 0 aromatic carbocycles. The molecule has 0 radical (unpaired) electrons. The van der Waals surface area contributed by atoms with Crippen molar-refractivity contribution in [2.75, 3.05) is 6.54 Å². The van der Waals surface area contributed by atoms with E-state index in [4.69, 9.17) is 5.11 Å². The predicted molar refractivity (Wildman–Crippen MR) is 74.4 cm³/mol. The molecule has 0 atom stereocenters. The van der Waals surface area contributed by atoms with Gasteiger partial charge in [0.1, 0.15) is 4.21 Å². The molecule has 1 fully saturated rings. The fraction of sp³-hybridized carbons (Fsp3) is 0.583. The second-order valence-electron chi connectivity index (χ2n) is 4.99. The molecule has 0 bridgehead atoms. The van der Waals surface area contributed by atoms with Crippen molar-refractivity contribution in [2.45, 2.75) is 36.0 Å². The van der Waals surface area contributed by atoms with Crippen LogP contribution in [-0.4, -0.2) is 37.2 Å². The van der Waals surface area contributed by atoms with Crippen LogP contribution in [0.1, 0.15) is 36.0 Å². The average molecular weight is 319 g/mol. The first kappa shape index (κ1) is 15.4. The Kier molecular flexibility index (Phi) is 4.79. The normalized spacial score (nSPS) is 23.6. The van der Waals surface area contributed by atoms with Gasteiger partial charge in [-0.15, -0.1) is 11.3 Å². The number of hydrogen-bond donors (Lipinski definition) is 3. The Morgan fingerprint density at radius 3 is 2.55 bits per heavy atom. The van der Waals surface area contributed by atoms with Gasteiger partial charge in [-0.1, -0.05) is 0 Å². The lowest BCUT2D eigenvalue weighted by Crippen LogP contribution is -2.31. The fourth-order valence-electron chi connectivity index (χ4n) is 2.22. The lowest BCUT2D eigenvalue weighted by Gasteiger charge is -2.25. The molecule has 1 saturated carbocycles. The van der Waals surface area contributed by atoms with Gasteiger partial charge in [-0.3, -0.25) is 0 Å². The van der Waals surface area contributed by atoms with Crippen molar-refractivity contribution in [3.05, 3.63) is 17.0 Å². The van der Waals surface area contributed by atoms with E-state index in [1.54, 1.807) is 0 Å². The van der Waals surface area contributed by atoms with E-state index in [1.165, 1.54) is 11.4 Å². The summed E-state index contributed by atoms with van der Waals surface area (Å²) < 4.78 is 26.6. The van der Waals surface area contributed by atoms with Gasteiger partial charge in [0, 0.05) is 11.9 Å². The van der Waals surface area contributed by atoms with Crippen LogP contribution in [0.25, 0.3) is 0 Å². The summed E-state index contributed by atoms with van der Waals surface area (Å²) in [4.78, 5) is 10.7. The molecular weight excluding hydrogens is 302 g/mol. The number of aliphatic hydroxyl groups excluding tert-OH is 1. The van der Waals surface area contributed by atoms with Crippen LogP contribution in [-0.2, 0) is 10.0 Å². The highest BCUT2D eigenvalue weighted by atomic mass is 32.2. The van der Waals surface area contributed by atoms with Crippen molar-refractivity contribution < 1.29 is 23.4 Å². The molecule has 0 unspecified atom stereocenters. The highest BCUT2D eigenvalue weighted by Crippen LogP contribution is 2.25. The Balaban J connectivity index is 1.95. The van der Waals surface area contributed by atoms with Gasteiger partial charge in [0.25, 0.3) is 0 Å². The zero-order valence-electron chi connectivity index (χ0n) is 10.8. The first-order valence-electron chi connectivity index (χ1n) is 6.38. The number of rotatable bonds is 5. The minimum atomic E-state index is -3.64. The molecule has 2 rings (SSSR count). The lowest BCUT2D eigenvalue weighted by atomic mass is 9.88. The monoisotopic (exact) mass is 319 g/mol. The van der Waals surface area contributed by atoms with Crippen LogP contribution < -0.4 is 4.72 Å². The Hall–Kier alpha value is -0.960. The van der Waals surface area contributed by atoms with Crippen molar-refractivity contribution in [1.82, 2.24) is 4.72 Å². The highest BCUT2D eigenvalue weighted by Gasteiger charge is 2.23. The van der Waals surface area contributed by atoms with Gasteiger partial charge in [-0.25, -0.2) is 17.9 Å². The van der Waals surface area contributed by atoms with Gasteiger partial charge in [0.2, 0.25) is 10.0 Å². The van der Waals surface area contributed by atoms with Gasteiger partial charge in [0.15, 0.2) is 0 Å². The van der Waals surface area contributed by atoms with Crippen molar-refractivity contribution in [3.63, 3.8) is 0 Å². The Morgan fingerprint density at radius 1 is 1.35 bits per heavy atom.